The van der Waals surface area contributed by atoms with Crippen LogP contribution in [0.2, 0.25) is 0 Å². The van der Waals surface area contributed by atoms with Gasteiger partial charge in [-0.05, 0) is 64.1 Å². The van der Waals surface area contributed by atoms with Gasteiger partial charge in [-0.15, -0.1) is 0 Å². The third kappa shape index (κ3) is 35.0. The van der Waals surface area contributed by atoms with Crippen LogP contribution in [0.25, 0.3) is 0 Å². The van der Waals surface area contributed by atoms with E-state index in [9.17, 15) is 0 Å². The van der Waals surface area contributed by atoms with Crippen LogP contribution in [0.1, 0.15) is 252 Å². The fourth-order valence-electron chi connectivity index (χ4n) is 7.53. The zero-order valence-corrected chi connectivity index (χ0v) is 33.1. The summed E-state index contributed by atoms with van der Waals surface area (Å²) in [5, 5.41) is 0. The minimum atomic E-state index is 0.907. The zero-order chi connectivity index (χ0) is 33.6. The van der Waals surface area contributed by atoms with E-state index >= 15 is 0 Å². The second kappa shape index (κ2) is 39.1. The summed E-state index contributed by atoms with van der Waals surface area (Å²) in [6.07, 6.45) is 49.9. The van der Waals surface area contributed by atoms with Crippen LogP contribution in [0.5, 0.6) is 0 Å². The highest BCUT2D eigenvalue weighted by molar-refractivity contribution is 4.95. The summed E-state index contributed by atoms with van der Waals surface area (Å²) < 4.78 is 0. The minimum Gasteiger partial charge on any atom is -0.303 e. The van der Waals surface area contributed by atoms with E-state index in [0.29, 0.717) is 0 Å². The highest BCUT2D eigenvalue weighted by Crippen LogP contribution is 2.27. The smallest absolute Gasteiger partial charge is 0.00187 e. The van der Waals surface area contributed by atoms with Crippen molar-refractivity contribution in [3.63, 3.8) is 0 Å². The van der Waals surface area contributed by atoms with Crippen molar-refractivity contribution in [3.8, 4) is 0 Å². The Bertz CT molecular complexity index is 567. The van der Waals surface area contributed by atoms with E-state index in [2.05, 4.69) is 39.2 Å². The topological polar surface area (TPSA) is 3.24 Å². The minimum absolute atomic E-state index is 0.907. The predicted molar refractivity (Wildman–Crippen MR) is 213 cm³/mol. The summed E-state index contributed by atoms with van der Waals surface area (Å²) in [4.78, 5) is 2.77. The molecular formula is C45H91N. The SMILES string of the molecule is C=C(CCCCCCCN(CCC)CCCCCCCCCCCCCCCC)CC(CCCCCCC)CCCCCCCC. The molecule has 0 aliphatic rings. The van der Waals surface area contributed by atoms with Crippen LogP contribution in [0.4, 0.5) is 0 Å². The molecule has 0 saturated carbocycles. The molecule has 0 amide bonds. The van der Waals surface area contributed by atoms with Crippen LogP contribution in [0.15, 0.2) is 12.2 Å². The summed E-state index contributed by atoms with van der Waals surface area (Å²) >= 11 is 0. The van der Waals surface area contributed by atoms with E-state index in [1.807, 2.05) is 0 Å². The molecule has 0 saturated heterocycles. The van der Waals surface area contributed by atoms with Crippen LogP contribution < -0.4 is 0 Å². The van der Waals surface area contributed by atoms with E-state index in [0.717, 1.165) is 5.92 Å². The summed E-state index contributed by atoms with van der Waals surface area (Å²) in [6, 6.07) is 0. The molecule has 0 rings (SSSR count). The number of allylic oxidation sites excluding steroid dienone is 1. The molecule has 0 heterocycles. The fraction of sp³-hybridized carbons (Fsp3) is 0.956. The molecule has 0 aliphatic carbocycles. The lowest BCUT2D eigenvalue weighted by molar-refractivity contribution is 0.260. The molecule has 0 N–H and O–H groups in total. The van der Waals surface area contributed by atoms with Crippen molar-refractivity contribution in [2.75, 3.05) is 19.6 Å². The summed E-state index contributed by atoms with van der Waals surface area (Å²) in [7, 11) is 0. The summed E-state index contributed by atoms with van der Waals surface area (Å²) in [5.41, 5.74) is 1.56. The lowest BCUT2D eigenvalue weighted by Gasteiger charge is -2.21. The van der Waals surface area contributed by atoms with E-state index < -0.39 is 0 Å². The van der Waals surface area contributed by atoms with E-state index in [4.69, 9.17) is 0 Å². The second-order valence-electron chi connectivity index (χ2n) is 15.5. The maximum atomic E-state index is 4.57. The first-order valence-corrected chi connectivity index (χ1v) is 22.1. The van der Waals surface area contributed by atoms with Gasteiger partial charge in [-0.25, -0.2) is 0 Å². The van der Waals surface area contributed by atoms with Gasteiger partial charge in [0.05, 0.1) is 0 Å². The average Bonchev–Trinajstić information content (AvgIpc) is 3.05. The van der Waals surface area contributed by atoms with E-state index in [-0.39, 0.29) is 0 Å². The molecule has 1 atom stereocenters. The lowest BCUT2D eigenvalue weighted by atomic mass is 9.87. The number of unbranched alkanes of at least 4 members (excludes halogenated alkanes) is 26. The van der Waals surface area contributed by atoms with Crippen molar-refractivity contribution in [3.05, 3.63) is 12.2 Å². The molecule has 0 radical (unpaired) electrons. The number of hydrogen-bond donors (Lipinski definition) is 0. The largest absolute Gasteiger partial charge is 0.303 e. The highest BCUT2D eigenvalue weighted by Gasteiger charge is 2.11. The highest BCUT2D eigenvalue weighted by atomic mass is 15.1. The van der Waals surface area contributed by atoms with Gasteiger partial charge in [0.15, 0.2) is 0 Å². The number of nitrogens with zero attached hydrogens (tertiary/aromatic N) is 1. The predicted octanol–water partition coefficient (Wildman–Crippen LogP) is 16.2. The maximum Gasteiger partial charge on any atom is -0.00187 e. The first-order valence-electron chi connectivity index (χ1n) is 22.1. The molecule has 0 aromatic rings. The van der Waals surface area contributed by atoms with Gasteiger partial charge in [0, 0.05) is 0 Å². The van der Waals surface area contributed by atoms with Gasteiger partial charge in [0.1, 0.15) is 0 Å². The zero-order valence-electron chi connectivity index (χ0n) is 33.1. The average molecular weight is 646 g/mol. The Morgan fingerprint density at radius 3 is 1.07 bits per heavy atom. The Hall–Kier alpha value is -0.300. The van der Waals surface area contributed by atoms with Crippen molar-refractivity contribution in [2.45, 2.75) is 252 Å². The Balaban J connectivity index is 3.88. The van der Waals surface area contributed by atoms with Crippen molar-refractivity contribution in [1.29, 1.82) is 0 Å². The van der Waals surface area contributed by atoms with Gasteiger partial charge >= 0.3 is 0 Å². The molecule has 0 aromatic carbocycles. The monoisotopic (exact) mass is 646 g/mol. The lowest BCUT2D eigenvalue weighted by Crippen LogP contribution is -2.27. The third-order valence-electron chi connectivity index (χ3n) is 10.6. The third-order valence-corrected chi connectivity index (χ3v) is 10.6. The Labute approximate surface area is 294 Å². The molecule has 46 heavy (non-hydrogen) atoms. The molecule has 0 fully saturated rings. The van der Waals surface area contributed by atoms with Crippen molar-refractivity contribution < 1.29 is 0 Å². The van der Waals surface area contributed by atoms with Gasteiger partial charge in [0.25, 0.3) is 0 Å². The van der Waals surface area contributed by atoms with Gasteiger partial charge in [-0.1, -0.05) is 226 Å². The fourth-order valence-corrected chi connectivity index (χ4v) is 7.53. The molecule has 0 aromatic heterocycles. The summed E-state index contributed by atoms with van der Waals surface area (Å²) in [6.45, 7) is 17.9. The van der Waals surface area contributed by atoms with Crippen LogP contribution in [-0.2, 0) is 0 Å². The molecule has 1 unspecified atom stereocenters. The molecule has 1 nitrogen and oxygen atoms in total. The molecule has 1 heteroatoms. The molecule has 0 spiro atoms. The first-order chi connectivity index (χ1) is 22.7. The van der Waals surface area contributed by atoms with Gasteiger partial charge in [0.2, 0.25) is 0 Å². The van der Waals surface area contributed by atoms with Crippen LogP contribution in [0.3, 0.4) is 0 Å². The Morgan fingerprint density at radius 1 is 0.370 bits per heavy atom. The van der Waals surface area contributed by atoms with Crippen LogP contribution in [0, 0.1) is 5.92 Å². The van der Waals surface area contributed by atoms with Crippen LogP contribution >= 0.6 is 0 Å². The Kier molecular flexibility index (Phi) is 38.9. The first kappa shape index (κ1) is 45.7. The van der Waals surface area contributed by atoms with E-state index in [1.54, 1.807) is 5.57 Å². The summed E-state index contributed by atoms with van der Waals surface area (Å²) in [5.74, 6) is 0.907. The number of rotatable bonds is 40. The van der Waals surface area contributed by atoms with Crippen molar-refractivity contribution in [2.24, 2.45) is 5.92 Å². The second-order valence-corrected chi connectivity index (χ2v) is 15.5. The van der Waals surface area contributed by atoms with Gasteiger partial charge in [-0.2, -0.15) is 0 Å². The molecular weight excluding hydrogens is 555 g/mol. The normalized spacial score (nSPS) is 12.4. The quantitative estimate of drug-likeness (QED) is 0.0473. The standard InChI is InChI=1S/C45H91N/c1-6-10-13-16-18-19-20-21-22-23-24-25-30-35-41-46(40-9-4)42-36-31-26-28-32-37-44(5)43-45(38-33-27-15-12-8-3)39-34-29-17-14-11-7-2/h45H,5-43H2,1-4H3. The molecule has 276 valence electrons. The van der Waals surface area contributed by atoms with E-state index in [1.165, 1.54) is 244 Å². The molecule has 0 aliphatic heterocycles. The number of hydrogen-bond acceptors (Lipinski definition) is 1. The van der Waals surface area contributed by atoms with Gasteiger partial charge < -0.3 is 4.90 Å². The van der Waals surface area contributed by atoms with Crippen molar-refractivity contribution in [1.82, 2.24) is 4.90 Å². The molecule has 0 bridgehead atoms. The van der Waals surface area contributed by atoms with Crippen LogP contribution in [-0.4, -0.2) is 24.5 Å². The Morgan fingerprint density at radius 2 is 0.696 bits per heavy atom. The van der Waals surface area contributed by atoms with Gasteiger partial charge in [-0.3, -0.25) is 0 Å². The van der Waals surface area contributed by atoms with Crippen molar-refractivity contribution >= 4 is 0 Å². The maximum absolute atomic E-state index is 4.57.